The zero-order valence-electron chi connectivity index (χ0n) is 51.7. The van der Waals surface area contributed by atoms with Gasteiger partial charge in [0.05, 0.1) is 16.8 Å². The number of imide groups is 1. The number of allylic oxidation sites excluding steroid dienone is 1. The molecule has 1 aromatic heterocycles. The summed E-state index contributed by atoms with van der Waals surface area (Å²) in [5.41, 5.74) is 11.6. The molecule has 0 bridgehead atoms. The van der Waals surface area contributed by atoms with Crippen molar-refractivity contribution in [2.45, 2.75) is 80.1 Å². The number of para-hydroxylation sites is 2. The maximum Gasteiger partial charge on any atom is 0.529 e. The fourth-order valence-corrected chi connectivity index (χ4v) is 13.7. The quantitative estimate of drug-likeness (QED) is 0.0376. The first-order chi connectivity index (χ1) is 44.5. The first kappa shape index (κ1) is 60.0. The molecule has 0 radical (unpaired) electrons. The molecule has 2 amide bonds. The van der Waals surface area contributed by atoms with Gasteiger partial charge in [0.1, 0.15) is 19.0 Å². The van der Waals surface area contributed by atoms with Gasteiger partial charge in [-0.25, -0.2) is 14.5 Å². The highest BCUT2D eigenvalue weighted by Gasteiger charge is 2.53. The lowest BCUT2D eigenvalue weighted by molar-refractivity contribution is -0.140. The zero-order valence-corrected chi connectivity index (χ0v) is 51.7. The topological polar surface area (TPSA) is 128 Å². The molecule has 0 saturated heterocycles. The van der Waals surface area contributed by atoms with Crippen LogP contribution in [0.5, 0.6) is 5.75 Å². The molecule has 4 heterocycles. The van der Waals surface area contributed by atoms with Crippen molar-refractivity contribution in [2.75, 3.05) is 9.80 Å². The Morgan fingerprint density at radius 1 is 0.576 bits per heavy atom. The number of rotatable bonds is 17. The Labute approximate surface area is 532 Å². The summed E-state index contributed by atoms with van der Waals surface area (Å²) in [7, 11) is 0. The monoisotopic (exact) mass is 1220 g/mol. The summed E-state index contributed by atoms with van der Waals surface area (Å²) in [6, 6.07) is 65.6. The van der Waals surface area contributed by atoms with Crippen molar-refractivity contribution in [3.8, 4) is 16.9 Å². The lowest BCUT2D eigenvalue weighted by atomic mass is 9.80. The van der Waals surface area contributed by atoms with Crippen LogP contribution in [0.15, 0.2) is 229 Å². The first-order valence-electron chi connectivity index (χ1n) is 30.8. The Hall–Kier alpha value is -10.9. The highest BCUT2D eigenvalue weighted by molar-refractivity contribution is 6.63. The second-order valence-electron chi connectivity index (χ2n) is 23.7. The molecule has 12 nitrogen and oxygen atoms in total. The van der Waals surface area contributed by atoms with Gasteiger partial charge in [-0.15, -0.1) is 0 Å². The van der Waals surface area contributed by atoms with Gasteiger partial charge < -0.3 is 37.0 Å². The number of aryl methyl sites for hydroxylation is 3. The van der Waals surface area contributed by atoms with E-state index in [0.717, 1.165) is 59.6 Å². The van der Waals surface area contributed by atoms with Crippen molar-refractivity contribution in [1.29, 1.82) is 0 Å². The van der Waals surface area contributed by atoms with E-state index < -0.39 is 42.7 Å². The summed E-state index contributed by atoms with van der Waals surface area (Å²) in [5, 5.41) is 1.41. The number of carbonyl (C=O) groups excluding carboxylic acids is 5. The Morgan fingerprint density at radius 2 is 1.11 bits per heavy atom. The average Bonchev–Trinajstić information content (AvgIpc) is 1.48. The molecule has 0 saturated carbocycles. The minimum atomic E-state index is -4.70. The van der Waals surface area contributed by atoms with E-state index in [1.54, 1.807) is 57.2 Å². The van der Waals surface area contributed by atoms with Crippen LogP contribution in [0.1, 0.15) is 108 Å². The second-order valence-corrected chi connectivity index (χ2v) is 23.7. The summed E-state index contributed by atoms with van der Waals surface area (Å²) in [6.45, 7) is 5.15. The molecule has 1 unspecified atom stereocenters. The third-order valence-electron chi connectivity index (χ3n) is 17.9. The Morgan fingerprint density at radius 3 is 1.70 bits per heavy atom. The summed E-state index contributed by atoms with van der Waals surface area (Å²) in [6.07, 6.45) is 0.963. The van der Waals surface area contributed by atoms with Crippen molar-refractivity contribution >= 4 is 75.8 Å². The minimum Gasteiger partial charge on any atom is -0.463 e. The van der Waals surface area contributed by atoms with Crippen LogP contribution in [0.2, 0.25) is 0 Å². The van der Waals surface area contributed by atoms with Crippen molar-refractivity contribution in [2.24, 2.45) is 0 Å². The number of fused-ring (bicyclic) bond motifs is 2. The largest absolute Gasteiger partial charge is 0.529 e. The van der Waals surface area contributed by atoms with Crippen LogP contribution in [0.4, 0.5) is 31.4 Å². The van der Waals surface area contributed by atoms with Crippen LogP contribution in [-0.4, -0.2) is 52.0 Å². The molecular formula is C77H64BF2N4O8-. The number of anilines is 4. The molecule has 0 aliphatic carbocycles. The van der Waals surface area contributed by atoms with Crippen molar-refractivity contribution in [3.05, 3.63) is 296 Å². The van der Waals surface area contributed by atoms with Crippen LogP contribution < -0.4 is 14.5 Å². The third-order valence-corrected chi connectivity index (χ3v) is 17.9. The highest BCUT2D eigenvalue weighted by Crippen LogP contribution is 2.52. The van der Waals surface area contributed by atoms with Crippen molar-refractivity contribution in [1.82, 2.24) is 9.29 Å². The molecule has 13 rings (SSSR count). The van der Waals surface area contributed by atoms with E-state index in [-0.39, 0.29) is 59.2 Å². The van der Waals surface area contributed by atoms with Gasteiger partial charge in [-0.3, -0.25) is 14.4 Å². The number of esters is 3. The maximum atomic E-state index is 17.8. The summed E-state index contributed by atoms with van der Waals surface area (Å²) < 4.78 is 54.1. The summed E-state index contributed by atoms with van der Waals surface area (Å²) in [4.78, 5) is 75.1. The van der Waals surface area contributed by atoms with E-state index >= 15 is 8.63 Å². The van der Waals surface area contributed by atoms with Crippen LogP contribution in [0.3, 0.4) is 0 Å². The number of aromatic nitrogens is 1. The molecule has 92 heavy (non-hydrogen) atoms. The fourth-order valence-electron chi connectivity index (χ4n) is 13.7. The molecule has 3 aliphatic heterocycles. The van der Waals surface area contributed by atoms with Crippen molar-refractivity contribution in [3.63, 3.8) is 0 Å². The normalized spacial score (nSPS) is 14.8. The van der Waals surface area contributed by atoms with E-state index in [1.165, 1.54) is 11.8 Å². The van der Waals surface area contributed by atoms with E-state index in [4.69, 9.17) is 14.2 Å². The molecule has 15 heteroatoms. The number of carbonyl (C=O) groups is 5. The third kappa shape index (κ3) is 10.7. The Balaban J connectivity index is 0.717. The molecule has 1 atom stereocenters. The van der Waals surface area contributed by atoms with Crippen LogP contribution in [0, 0.1) is 27.7 Å². The number of halogens is 2. The maximum absolute atomic E-state index is 17.8. The van der Waals surface area contributed by atoms with Gasteiger partial charge in [0.25, 0.3) is 11.8 Å². The van der Waals surface area contributed by atoms with E-state index in [1.807, 2.05) is 141 Å². The molecule has 0 spiro atoms. The fraction of sp³-hybridized carbons (Fsp3) is 0.156. The van der Waals surface area contributed by atoms with Gasteiger partial charge in [-0.2, -0.15) is 0 Å². The highest BCUT2D eigenvalue weighted by atomic mass is 19.2. The van der Waals surface area contributed by atoms with Gasteiger partial charge in [0, 0.05) is 63.0 Å². The lowest BCUT2D eigenvalue weighted by Crippen LogP contribution is -2.57. The molecule has 0 N–H and O–H groups in total. The van der Waals surface area contributed by atoms with Crippen LogP contribution >= 0.6 is 0 Å². The van der Waals surface area contributed by atoms with Gasteiger partial charge in [-0.05, 0) is 194 Å². The average molecular weight is 1220 g/mol. The lowest BCUT2D eigenvalue weighted by Gasteiger charge is -2.49. The van der Waals surface area contributed by atoms with E-state index in [2.05, 4.69) is 53.4 Å². The SMILES string of the molecule is CC1=C(C(=O)OCc2ccccc2)C(C)N2C1=C(c1c(C)cc(OC(=O)CCCc3ccc(N4C(=O)c5cccc6c(-c7ccc(N(c8ccccc8)c8ccccc8)cc7)ccc(c56)C4=O)cc3)cc1C)c1c(C)c(C(=O)OCc3ccccc3)c(C)n1[B-]2(F)F. The Kier molecular flexibility index (Phi) is 16.0. The second kappa shape index (κ2) is 24.5. The zero-order chi connectivity index (χ0) is 64.1. The number of hydrogen-bond acceptors (Lipinski definition) is 10. The summed E-state index contributed by atoms with van der Waals surface area (Å²) >= 11 is 0. The van der Waals surface area contributed by atoms with Crippen LogP contribution in [0.25, 0.3) is 27.5 Å². The molecule has 3 aliphatic rings. The minimum absolute atomic E-state index is 0.0134. The number of hydrogen-bond donors (Lipinski definition) is 0. The first-order valence-corrected chi connectivity index (χ1v) is 30.8. The molecular weight excluding hydrogens is 1160 g/mol. The molecule has 0 fully saturated rings. The Bertz CT molecular complexity index is 4580. The molecule has 9 aromatic carbocycles. The van der Waals surface area contributed by atoms with Gasteiger partial charge in [-0.1, -0.05) is 140 Å². The number of nitrogens with zero attached hydrogens (tertiary/aromatic N) is 4. The smallest absolute Gasteiger partial charge is 0.463 e. The van der Waals surface area contributed by atoms with E-state index in [0.29, 0.717) is 62.9 Å². The number of benzene rings is 9. The number of amides is 2. The van der Waals surface area contributed by atoms with E-state index in [9.17, 15) is 24.0 Å². The van der Waals surface area contributed by atoms with Gasteiger partial charge in [0.15, 0.2) is 0 Å². The van der Waals surface area contributed by atoms with Gasteiger partial charge >= 0.3 is 24.9 Å². The molecule has 10 aromatic rings. The van der Waals surface area contributed by atoms with Gasteiger partial charge in [0.2, 0.25) is 0 Å². The van der Waals surface area contributed by atoms with Crippen LogP contribution in [-0.2, 0) is 38.7 Å². The number of ether oxygens (including phenoxy) is 3. The van der Waals surface area contributed by atoms with Crippen molar-refractivity contribution < 1.29 is 46.8 Å². The molecule has 458 valence electrons. The predicted molar refractivity (Wildman–Crippen MR) is 355 cm³/mol. The predicted octanol–water partition coefficient (Wildman–Crippen LogP) is 16.9. The standard InChI is InChI=1S/C77H64BF2N4O8/c1-47-43-61(44-48(2)67(47)71-72-49(3)68(76(88)90-45-54-21-11-7-12-22-54)51(5)83(72)78(79,80)84-52(6)69(50(4)73(71)84)77(89)91-46-55-23-13-8-14-24-55)92-66(85)32-19-25-53-33-37-60(38-34-53)82-74(86)64-31-20-30-63-62(41-42-65(70(63)64)75(82)87)56-35-39-59(40-36-56)81(57-26-15-9-16-27-57)58-28-17-10-18-29-58/h7-18,20-24,26-31,33-44,51H,19,25,32,45-46H2,1-6H3/q-1. The summed E-state index contributed by atoms with van der Waals surface area (Å²) in [5.74, 6) is -2.55.